The van der Waals surface area contributed by atoms with Crippen molar-refractivity contribution >= 4 is 17.3 Å². The minimum Gasteiger partial charge on any atom is -0.485 e. The number of halogens is 1. The van der Waals surface area contributed by atoms with Crippen molar-refractivity contribution in [1.29, 1.82) is 0 Å². The average Bonchev–Trinajstić information content (AvgIpc) is 2.94. The van der Waals surface area contributed by atoms with Crippen LogP contribution in [0.25, 0.3) is 0 Å². The zero-order chi connectivity index (χ0) is 18.6. The monoisotopic (exact) mass is 386 g/mol. The highest BCUT2D eigenvalue weighted by atomic mass is 35.5. The van der Waals surface area contributed by atoms with Gasteiger partial charge in [-0.1, -0.05) is 29.8 Å². The van der Waals surface area contributed by atoms with Crippen molar-refractivity contribution in [2.24, 2.45) is 0 Å². The second-order valence-corrected chi connectivity index (χ2v) is 7.17. The van der Waals surface area contributed by atoms with Gasteiger partial charge in [0.25, 0.3) is 0 Å². The predicted octanol–water partition coefficient (Wildman–Crippen LogP) is 3.48. The molecule has 1 fully saturated rings. The lowest BCUT2D eigenvalue weighted by atomic mass is 10.1. The Morgan fingerprint density at radius 3 is 2.67 bits per heavy atom. The quantitative estimate of drug-likeness (QED) is 0.871. The number of anilines is 1. The Hall–Kier alpha value is -2.21. The minimum atomic E-state index is -0.571. The first-order chi connectivity index (χ1) is 13.2. The van der Waals surface area contributed by atoms with Gasteiger partial charge in [-0.15, -0.1) is 0 Å². The Kier molecular flexibility index (Phi) is 5.53. The van der Waals surface area contributed by atoms with Crippen LogP contribution >= 0.6 is 11.6 Å². The Labute approximate surface area is 164 Å². The van der Waals surface area contributed by atoms with E-state index in [2.05, 4.69) is 15.9 Å². The number of aliphatic hydroxyl groups is 1. The summed E-state index contributed by atoms with van der Waals surface area (Å²) >= 11 is 6.31. The van der Waals surface area contributed by atoms with E-state index in [1.165, 1.54) is 0 Å². The maximum Gasteiger partial charge on any atom is 0.168 e. The number of β-amino-alcohol motifs (C(OH)–C–C–N with tert-alkyl or cyclic N) is 1. The second kappa shape index (κ2) is 8.21. The number of aliphatic hydroxyl groups excluding tert-OH is 1. The highest BCUT2D eigenvalue weighted by Gasteiger charge is 2.22. The van der Waals surface area contributed by atoms with E-state index in [-0.39, 0.29) is 0 Å². The van der Waals surface area contributed by atoms with Gasteiger partial charge in [-0.2, -0.15) is 0 Å². The number of ether oxygens (including phenoxy) is 2. The number of fused-ring (bicyclic) bond motifs is 1. The van der Waals surface area contributed by atoms with Gasteiger partial charge < -0.3 is 19.5 Å². The fraction of sp³-hybridized carbons (Fsp3) is 0.333. The third-order valence-electron chi connectivity index (χ3n) is 4.98. The van der Waals surface area contributed by atoms with Gasteiger partial charge in [0, 0.05) is 32.7 Å². The van der Waals surface area contributed by atoms with Crippen molar-refractivity contribution < 1.29 is 14.6 Å². The van der Waals surface area contributed by atoms with Crippen LogP contribution in [0.5, 0.6) is 11.5 Å². The van der Waals surface area contributed by atoms with Crippen molar-refractivity contribution in [3.05, 3.63) is 65.4 Å². The summed E-state index contributed by atoms with van der Waals surface area (Å²) < 4.78 is 11.1. The molecule has 1 unspecified atom stereocenters. The topological polar surface area (TPSA) is 45.2 Å². The second-order valence-electron chi connectivity index (χ2n) is 6.76. The molecule has 2 aromatic carbocycles. The Balaban J connectivity index is 1.36. The molecule has 0 bridgehead atoms. The number of hydrogen-bond acceptors (Lipinski definition) is 5. The molecule has 0 radical (unpaired) electrons. The largest absolute Gasteiger partial charge is 0.485 e. The number of para-hydroxylation sites is 1. The smallest absolute Gasteiger partial charge is 0.168 e. The van der Waals surface area contributed by atoms with Crippen LogP contribution < -0.4 is 14.4 Å². The molecule has 2 aromatic rings. The van der Waals surface area contributed by atoms with Gasteiger partial charge in [-0.25, -0.2) is 0 Å². The fourth-order valence-corrected chi connectivity index (χ4v) is 3.73. The van der Waals surface area contributed by atoms with Crippen LogP contribution in [0.4, 0.5) is 5.69 Å². The van der Waals surface area contributed by atoms with Gasteiger partial charge in [-0.3, -0.25) is 4.90 Å². The summed E-state index contributed by atoms with van der Waals surface area (Å²) in [6.45, 7) is 4.63. The molecule has 2 heterocycles. The van der Waals surface area contributed by atoms with E-state index in [4.69, 9.17) is 21.1 Å². The Morgan fingerprint density at radius 1 is 1.04 bits per heavy atom. The van der Waals surface area contributed by atoms with Crippen molar-refractivity contribution in [1.82, 2.24) is 4.90 Å². The molecule has 6 heteroatoms. The SMILES string of the molecule is OC(CN1CCN(c2ccccc2Cl)CC1)c1ccc2c(c1)OC=CCO2. The van der Waals surface area contributed by atoms with Crippen molar-refractivity contribution in [2.75, 3.05) is 44.2 Å². The molecular formula is C21H23ClN2O3. The van der Waals surface area contributed by atoms with Gasteiger partial charge in [0.2, 0.25) is 0 Å². The molecule has 27 heavy (non-hydrogen) atoms. The van der Waals surface area contributed by atoms with E-state index < -0.39 is 6.10 Å². The van der Waals surface area contributed by atoms with E-state index in [0.717, 1.165) is 42.5 Å². The molecule has 0 aromatic heterocycles. The van der Waals surface area contributed by atoms with Crippen molar-refractivity contribution in [2.45, 2.75) is 6.10 Å². The van der Waals surface area contributed by atoms with Gasteiger partial charge >= 0.3 is 0 Å². The number of piperazine rings is 1. The van der Waals surface area contributed by atoms with E-state index in [1.54, 1.807) is 6.26 Å². The molecule has 2 aliphatic rings. The van der Waals surface area contributed by atoms with Crippen molar-refractivity contribution in [3.8, 4) is 11.5 Å². The molecular weight excluding hydrogens is 364 g/mol. The molecule has 0 spiro atoms. The molecule has 1 saturated heterocycles. The van der Waals surface area contributed by atoms with Crippen LogP contribution in [0, 0.1) is 0 Å². The third-order valence-corrected chi connectivity index (χ3v) is 5.30. The standard InChI is InChI=1S/C21H23ClN2O3/c22-17-4-1-2-5-18(17)24-10-8-23(9-11-24)15-19(25)16-6-7-20-21(14-16)27-13-3-12-26-20/h1-7,13-14,19,25H,8-12,15H2. The molecule has 0 amide bonds. The fourth-order valence-electron chi connectivity index (χ4n) is 3.47. The lowest BCUT2D eigenvalue weighted by Gasteiger charge is -2.37. The predicted molar refractivity (Wildman–Crippen MR) is 107 cm³/mol. The van der Waals surface area contributed by atoms with Crippen LogP contribution in [0.3, 0.4) is 0 Å². The summed E-state index contributed by atoms with van der Waals surface area (Å²) in [5.74, 6) is 1.34. The zero-order valence-corrected chi connectivity index (χ0v) is 15.8. The number of hydrogen-bond donors (Lipinski definition) is 1. The summed E-state index contributed by atoms with van der Waals surface area (Å²) in [5.41, 5.74) is 1.91. The molecule has 4 rings (SSSR count). The van der Waals surface area contributed by atoms with E-state index in [9.17, 15) is 5.11 Å². The highest BCUT2D eigenvalue weighted by molar-refractivity contribution is 6.33. The zero-order valence-electron chi connectivity index (χ0n) is 15.1. The molecule has 1 atom stereocenters. The minimum absolute atomic E-state index is 0.491. The lowest BCUT2D eigenvalue weighted by molar-refractivity contribution is 0.109. The highest BCUT2D eigenvalue weighted by Crippen LogP contribution is 2.32. The first-order valence-corrected chi connectivity index (χ1v) is 9.57. The van der Waals surface area contributed by atoms with E-state index in [1.807, 2.05) is 42.5 Å². The number of benzene rings is 2. The van der Waals surface area contributed by atoms with Gasteiger partial charge in [0.05, 0.1) is 23.1 Å². The van der Waals surface area contributed by atoms with Gasteiger partial charge in [-0.05, 0) is 35.9 Å². The van der Waals surface area contributed by atoms with Crippen LogP contribution in [-0.2, 0) is 0 Å². The van der Waals surface area contributed by atoms with Crippen LogP contribution in [-0.4, -0.2) is 49.3 Å². The van der Waals surface area contributed by atoms with Crippen molar-refractivity contribution in [3.63, 3.8) is 0 Å². The summed E-state index contributed by atoms with van der Waals surface area (Å²) in [7, 11) is 0. The molecule has 0 saturated carbocycles. The first-order valence-electron chi connectivity index (χ1n) is 9.19. The number of rotatable bonds is 4. The maximum absolute atomic E-state index is 10.7. The Bertz CT molecular complexity index is 819. The normalized spacial score (nSPS) is 18.2. The maximum atomic E-state index is 10.7. The average molecular weight is 387 g/mol. The van der Waals surface area contributed by atoms with Gasteiger partial charge in [0.15, 0.2) is 11.5 Å². The van der Waals surface area contributed by atoms with E-state index in [0.29, 0.717) is 24.7 Å². The van der Waals surface area contributed by atoms with Crippen LogP contribution in [0.2, 0.25) is 5.02 Å². The summed E-state index contributed by atoms with van der Waals surface area (Å²) in [6, 6.07) is 13.6. The third kappa shape index (κ3) is 4.21. The van der Waals surface area contributed by atoms with E-state index >= 15 is 0 Å². The molecule has 1 N–H and O–H groups in total. The molecule has 0 aliphatic carbocycles. The Morgan fingerprint density at radius 2 is 1.85 bits per heavy atom. The lowest BCUT2D eigenvalue weighted by Crippen LogP contribution is -2.47. The summed E-state index contributed by atoms with van der Waals surface area (Å²) in [6.07, 6.45) is 2.86. The molecule has 2 aliphatic heterocycles. The molecule has 5 nitrogen and oxygen atoms in total. The number of nitrogens with zero attached hydrogens (tertiary/aromatic N) is 2. The van der Waals surface area contributed by atoms with Gasteiger partial charge in [0.1, 0.15) is 6.61 Å². The van der Waals surface area contributed by atoms with Crippen LogP contribution in [0.15, 0.2) is 54.8 Å². The molecule has 142 valence electrons. The first kappa shape index (κ1) is 18.2. The summed E-state index contributed by atoms with van der Waals surface area (Å²) in [5, 5.41) is 11.5. The van der Waals surface area contributed by atoms with Crippen LogP contribution in [0.1, 0.15) is 11.7 Å². The summed E-state index contributed by atoms with van der Waals surface area (Å²) in [4.78, 5) is 4.58.